The average molecular weight is 302 g/mol. The Labute approximate surface area is 132 Å². The van der Waals surface area contributed by atoms with Crippen LogP contribution in [-0.2, 0) is 18.5 Å². The van der Waals surface area contributed by atoms with Gasteiger partial charge in [-0.25, -0.2) is 4.98 Å². The molecule has 1 aliphatic heterocycles. The van der Waals surface area contributed by atoms with Crippen molar-refractivity contribution >= 4 is 0 Å². The maximum atomic E-state index is 5.94. The number of aryl methyl sites for hydroxylation is 1. The molecule has 1 aliphatic rings. The second-order valence-corrected chi connectivity index (χ2v) is 7.37. The van der Waals surface area contributed by atoms with Crippen molar-refractivity contribution in [1.29, 1.82) is 0 Å². The largest absolute Gasteiger partial charge is 0.444 e. The SMILES string of the molecule is Cc1cnn(CC2CCCN2Cc2ncc(C(C)(C)C)o2)c1. The molecule has 120 valence electrons. The highest BCUT2D eigenvalue weighted by atomic mass is 16.4. The minimum Gasteiger partial charge on any atom is -0.444 e. The van der Waals surface area contributed by atoms with Gasteiger partial charge in [-0.3, -0.25) is 9.58 Å². The van der Waals surface area contributed by atoms with Crippen LogP contribution in [0.25, 0.3) is 0 Å². The summed E-state index contributed by atoms with van der Waals surface area (Å²) in [5, 5.41) is 4.41. The lowest BCUT2D eigenvalue weighted by molar-refractivity contribution is 0.196. The Kier molecular flexibility index (Phi) is 4.08. The smallest absolute Gasteiger partial charge is 0.208 e. The van der Waals surface area contributed by atoms with Crippen molar-refractivity contribution in [2.75, 3.05) is 6.54 Å². The number of hydrogen-bond acceptors (Lipinski definition) is 4. The molecule has 2 aromatic heterocycles. The van der Waals surface area contributed by atoms with Crippen LogP contribution in [0.2, 0.25) is 0 Å². The first-order valence-corrected chi connectivity index (χ1v) is 8.10. The molecule has 0 aromatic carbocycles. The zero-order valence-corrected chi connectivity index (χ0v) is 14.0. The van der Waals surface area contributed by atoms with Gasteiger partial charge < -0.3 is 4.42 Å². The van der Waals surface area contributed by atoms with E-state index in [4.69, 9.17) is 4.42 Å². The number of oxazole rings is 1. The lowest BCUT2D eigenvalue weighted by atomic mass is 9.94. The third-order valence-corrected chi connectivity index (χ3v) is 4.29. The van der Waals surface area contributed by atoms with Crippen LogP contribution in [0, 0.1) is 6.92 Å². The van der Waals surface area contributed by atoms with Crippen LogP contribution < -0.4 is 0 Å². The Balaban J connectivity index is 1.65. The standard InChI is InChI=1S/C17H26N4O/c1-13-8-19-21(10-13)11-14-6-5-7-20(14)12-16-18-9-15(22-16)17(2,3)4/h8-10,14H,5-7,11-12H2,1-4H3. The van der Waals surface area contributed by atoms with Gasteiger partial charge >= 0.3 is 0 Å². The molecule has 0 bridgehead atoms. The fraction of sp³-hybridized carbons (Fsp3) is 0.647. The van der Waals surface area contributed by atoms with E-state index in [1.165, 1.54) is 18.4 Å². The van der Waals surface area contributed by atoms with Gasteiger partial charge in [0.25, 0.3) is 0 Å². The molecule has 3 rings (SSSR count). The minimum absolute atomic E-state index is 0.0161. The second-order valence-electron chi connectivity index (χ2n) is 7.37. The number of hydrogen-bond donors (Lipinski definition) is 0. The van der Waals surface area contributed by atoms with E-state index in [2.05, 4.69) is 53.6 Å². The number of nitrogens with zero attached hydrogens (tertiary/aromatic N) is 4. The van der Waals surface area contributed by atoms with Crippen molar-refractivity contribution in [1.82, 2.24) is 19.7 Å². The van der Waals surface area contributed by atoms with E-state index < -0.39 is 0 Å². The molecular weight excluding hydrogens is 276 g/mol. The molecule has 5 heteroatoms. The van der Waals surface area contributed by atoms with Crippen LogP contribution >= 0.6 is 0 Å². The highest BCUT2D eigenvalue weighted by molar-refractivity contribution is 5.06. The molecule has 0 amide bonds. The molecule has 0 aliphatic carbocycles. The predicted octanol–water partition coefficient (Wildman–Crippen LogP) is 3.14. The summed E-state index contributed by atoms with van der Waals surface area (Å²) in [6.45, 7) is 11.4. The van der Waals surface area contributed by atoms with Crippen molar-refractivity contribution in [2.45, 2.75) is 65.1 Å². The van der Waals surface area contributed by atoms with Crippen LogP contribution in [0.3, 0.4) is 0 Å². The van der Waals surface area contributed by atoms with E-state index in [-0.39, 0.29) is 5.41 Å². The van der Waals surface area contributed by atoms with Crippen LogP contribution in [0.1, 0.15) is 50.8 Å². The van der Waals surface area contributed by atoms with Gasteiger partial charge in [-0.2, -0.15) is 5.10 Å². The highest BCUT2D eigenvalue weighted by Gasteiger charge is 2.27. The molecule has 3 heterocycles. The van der Waals surface area contributed by atoms with E-state index in [1.54, 1.807) is 0 Å². The molecule has 0 N–H and O–H groups in total. The molecule has 1 fully saturated rings. The molecule has 22 heavy (non-hydrogen) atoms. The fourth-order valence-corrected chi connectivity index (χ4v) is 3.00. The van der Waals surface area contributed by atoms with Gasteiger partial charge in [0.1, 0.15) is 5.76 Å². The van der Waals surface area contributed by atoms with Gasteiger partial charge in [0.2, 0.25) is 5.89 Å². The molecule has 2 aromatic rings. The Morgan fingerprint density at radius 2 is 2.14 bits per heavy atom. The molecule has 1 unspecified atom stereocenters. The highest BCUT2D eigenvalue weighted by Crippen LogP contribution is 2.25. The summed E-state index contributed by atoms with van der Waals surface area (Å²) >= 11 is 0. The lowest BCUT2D eigenvalue weighted by Crippen LogP contribution is -2.32. The van der Waals surface area contributed by atoms with Gasteiger partial charge in [0.15, 0.2) is 0 Å². The van der Waals surface area contributed by atoms with Gasteiger partial charge in [-0.15, -0.1) is 0 Å². The molecule has 0 saturated carbocycles. The third kappa shape index (κ3) is 3.40. The molecule has 1 atom stereocenters. The normalized spacial score (nSPS) is 19.9. The van der Waals surface area contributed by atoms with E-state index in [0.29, 0.717) is 6.04 Å². The van der Waals surface area contributed by atoms with Crippen molar-refractivity contribution in [3.63, 3.8) is 0 Å². The predicted molar refractivity (Wildman–Crippen MR) is 85.6 cm³/mol. The van der Waals surface area contributed by atoms with E-state index in [0.717, 1.165) is 31.3 Å². The first kappa shape index (κ1) is 15.3. The molecule has 0 radical (unpaired) electrons. The number of rotatable bonds is 4. The maximum absolute atomic E-state index is 5.94. The zero-order valence-electron chi connectivity index (χ0n) is 14.0. The fourth-order valence-electron chi connectivity index (χ4n) is 3.00. The van der Waals surface area contributed by atoms with Gasteiger partial charge in [-0.05, 0) is 31.9 Å². The zero-order chi connectivity index (χ0) is 15.7. The topological polar surface area (TPSA) is 47.1 Å². The van der Waals surface area contributed by atoms with Crippen LogP contribution in [0.4, 0.5) is 0 Å². The summed E-state index contributed by atoms with van der Waals surface area (Å²) in [7, 11) is 0. The Morgan fingerprint density at radius 1 is 1.32 bits per heavy atom. The van der Waals surface area contributed by atoms with E-state index in [1.807, 2.05) is 12.4 Å². The van der Waals surface area contributed by atoms with Crippen molar-refractivity contribution < 1.29 is 4.42 Å². The van der Waals surface area contributed by atoms with Crippen LogP contribution in [0.5, 0.6) is 0 Å². The summed E-state index contributed by atoms with van der Waals surface area (Å²) in [5.41, 5.74) is 1.23. The molecule has 0 spiro atoms. The van der Waals surface area contributed by atoms with Crippen LogP contribution in [0.15, 0.2) is 23.0 Å². The van der Waals surface area contributed by atoms with Crippen LogP contribution in [-0.4, -0.2) is 32.3 Å². The van der Waals surface area contributed by atoms with Crippen molar-refractivity contribution in [3.8, 4) is 0 Å². The Hall–Kier alpha value is -1.62. The van der Waals surface area contributed by atoms with Crippen molar-refractivity contribution in [3.05, 3.63) is 35.8 Å². The van der Waals surface area contributed by atoms with Gasteiger partial charge in [0.05, 0.1) is 25.5 Å². The summed E-state index contributed by atoms with van der Waals surface area (Å²) in [4.78, 5) is 6.93. The summed E-state index contributed by atoms with van der Waals surface area (Å²) in [6.07, 6.45) is 8.35. The summed E-state index contributed by atoms with van der Waals surface area (Å²) in [5.74, 6) is 1.79. The number of likely N-dealkylation sites (tertiary alicyclic amines) is 1. The summed E-state index contributed by atoms with van der Waals surface area (Å²) < 4.78 is 7.99. The van der Waals surface area contributed by atoms with E-state index >= 15 is 0 Å². The first-order chi connectivity index (χ1) is 10.4. The van der Waals surface area contributed by atoms with Gasteiger partial charge in [0, 0.05) is 17.7 Å². The van der Waals surface area contributed by atoms with E-state index in [9.17, 15) is 0 Å². The monoisotopic (exact) mass is 302 g/mol. The molecular formula is C17H26N4O. The Bertz CT molecular complexity index is 623. The molecule has 1 saturated heterocycles. The quantitative estimate of drug-likeness (QED) is 0.870. The number of aromatic nitrogens is 3. The van der Waals surface area contributed by atoms with Gasteiger partial charge in [-0.1, -0.05) is 20.8 Å². The third-order valence-electron chi connectivity index (χ3n) is 4.29. The average Bonchev–Trinajstić information content (AvgIpc) is 3.13. The Morgan fingerprint density at radius 3 is 2.77 bits per heavy atom. The maximum Gasteiger partial charge on any atom is 0.208 e. The first-order valence-electron chi connectivity index (χ1n) is 8.10. The molecule has 5 nitrogen and oxygen atoms in total. The van der Waals surface area contributed by atoms with Crippen molar-refractivity contribution in [2.24, 2.45) is 0 Å². The lowest BCUT2D eigenvalue weighted by Gasteiger charge is -2.23. The minimum atomic E-state index is 0.0161. The second kappa shape index (κ2) is 5.88. The summed E-state index contributed by atoms with van der Waals surface area (Å²) in [6, 6.07) is 0.518.